The number of carbonyl (C=O) groups excluding carboxylic acids is 1. The maximum Gasteiger partial charge on any atom is 0.257 e. The standard InChI is InChI=1S/C15H14BrNO3/c1-17(9-10-2-4-11(16)5-3-10)15(20)13-7-6-12(18)8-14(13)19/h2-8,18-19H,9H2,1H3. The molecule has 0 aliphatic heterocycles. The summed E-state index contributed by atoms with van der Waals surface area (Å²) in [5.41, 5.74) is 1.16. The molecule has 0 aromatic heterocycles. The van der Waals surface area contributed by atoms with Crippen molar-refractivity contribution >= 4 is 21.8 Å². The van der Waals surface area contributed by atoms with Gasteiger partial charge in [-0.15, -0.1) is 0 Å². The number of amides is 1. The number of hydrogen-bond acceptors (Lipinski definition) is 3. The van der Waals surface area contributed by atoms with Gasteiger partial charge in [0.05, 0.1) is 5.56 Å². The fourth-order valence-corrected chi connectivity index (χ4v) is 2.11. The lowest BCUT2D eigenvalue weighted by atomic mass is 10.1. The largest absolute Gasteiger partial charge is 0.508 e. The Morgan fingerprint density at radius 3 is 2.40 bits per heavy atom. The molecule has 0 fully saturated rings. The second kappa shape index (κ2) is 5.96. The van der Waals surface area contributed by atoms with E-state index in [1.807, 2.05) is 24.3 Å². The lowest BCUT2D eigenvalue weighted by Gasteiger charge is -2.18. The Hall–Kier alpha value is -2.01. The molecular weight excluding hydrogens is 322 g/mol. The molecule has 20 heavy (non-hydrogen) atoms. The number of rotatable bonds is 3. The minimum absolute atomic E-state index is 0.0744. The van der Waals surface area contributed by atoms with Gasteiger partial charge in [0.1, 0.15) is 11.5 Å². The quantitative estimate of drug-likeness (QED) is 0.905. The van der Waals surface area contributed by atoms with Crippen LogP contribution in [0.25, 0.3) is 0 Å². The van der Waals surface area contributed by atoms with Crippen LogP contribution in [0.3, 0.4) is 0 Å². The van der Waals surface area contributed by atoms with Gasteiger partial charge in [0.25, 0.3) is 5.91 Å². The Balaban J connectivity index is 2.14. The van der Waals surface area contributed by atoms with Gasteiger partial charge in [0.2, 0.25) is 0 Å². The summed E-state index contributed by atoms with van der Waals surface area (Å²) in [5.74, 6) is -0.599. The highest BCUT2D eigenvalue weighted by Gasteiger charge is 2.16. The first-order chi connectivity index (χ1) is 9.47. The van der Waals surface area contributed by atoms with E-state index in [4.69, 9.17) is 0 Å². The van der Waals surface area contributed by atoms with Crippen LogP contribution in [-0.2, 0) is 6.54 Å². The molecule has 2 aromatic carbocycles. The summed E-state index contributed by atoms with van der Waals surface area (Å²) in [7, 11) is 1.66. The fraction of sp³-hybridized carbons (Fsp3) is 0.133. The van der Waals surface area contributed by atoms with Crippen LogP contribution in [0.5, 0.6) is 11.5 Å². The van der Waals surface area contributed by atoms with Crippen LogP contribution in [0.15, 0.2) is 46.9 Å². The monoisotopic (exact) mass is 335 g/mol. The zero-order chi connectivity index (χ0) is 14.7. The number of benzene rings is 2. The van der Waals surface area contributed by atoms with Crippen molar-refractivity contribution in [2.75, 3.05) is 7.05 Å². The van der Waals surface area contributed by atoms with Crippen molar-refractivity contribution in [3.63, 3.8) is 0 Å². The molecule has 0 bridgehead atoms. The van der Waals surface area contributed by atoms with E-state index in [9.17, 15) is 15.0 Å². The number of halogens is 1. The van der Waals surface area contributed by atoms with Crippen molar-refractivity contribution in [1.82, 2.24) is 4.90 Å². The molecule has 0 radical (unpaired) electrons. The van der Waals surface area contributed by atoms with Crippen molar-refractivity contribution in [2.45, 2.75) is 6.54 Å². The van der Waals surface area contributed by atoms with Crippen LogP contribution in [-0.4, -0.2) is 28.1 Å². The van der Waals surface area contributed by atoms with Crippen molar-refractivity contribution in [3.05, 3.63) is 58.1 Å². The van der Waals surface area contributed by atoms with Crippen LogP contribution in [0.2, 0.25) is 0 Å². The number of hydrogen-bond donors (Lipinski definition) is 2. The average Bonchev–Trinajstić information content (AvgIpc) is 2.40. The maximum absolute atomic E-state index is 12.2. The zero-order valence-electron chi connectivity index (χ0n) is 10.9. The van der Waals surface area contributed by atoms with Gasteiger partial charge in [-0.2, -0.15) is 0 Å². The molecule has 0 heterocycles. The molecule has 4 nitrogen and oxygen atoms in total. The lowest BCUT2D eigenvalue weighted by molar-refractivity contribution is 0.0782. The highest BCUT2D eigenvalue weighted by Crippen LogP contribution is 2.24. The number of phenols is 2. The van der Waals surface area contributed by atoms with E-state index in [2.05, 4.69) is 15.9 Å². The van der Waals surface area contributed by atoms with E-state index in [0.717, 1.165) is 16.1 Å². The van der Waals surface area contributed by atoms with Gasteiger partial charge in [0, 0.05) is 24.1 Å². The van der Waals surface area contributed by atoms with E-state index in [1.165, 1.54) is 17.0 Å². The van der Waals surface area contributed by atoms with E-state index in [-0.39, 0.29) is 23.0 Å². The van der Waals surface area contributed by atoms with Crippen molar-refractivity contribution in [2.24, 2.45) is 0 Å². The first-order valence-electron chi connectivity index (χ1n) is 5.99. The van der Waals surface area contributed by atoms with Crippen molar-refractivity contribution in [3.8, 4) is 11.5 Å². The molecule has 0 spiro atoms. The molecule has 0 aliphatic carbocycles. The second-order valence-corrected chi connectivity index (χ2v) is 5.40. The van der Waals surface area contributed by atoms with E-state index >= 15 is 0 Å². The minimum Gasteiger partial charge on any atom is -0.508 e. The number of phenolic OH excluding ortho intramolecular Hbond substituents is 2. The molecule has 0 atom stereocenters. The predicted molar refractivity (Wildman–Crippen MR) is 79.7 cm³/mol. The summed E-state index contributed by atoms with van der Waals surface area (Å²) in [6.45, 7) is 0.437. The zero-order valence-corrected chi connectivity index (χ0v) is 12.5. The highest BCUT2D eigenvalue weighted by atomic mass is 79.9. The molecular formula is C15H14BrNO3. The van der Waals surface area contributed by atoms with E-state index in [1.54, 1.807) is 7.05 Å². The lowest BCUT2D eigenvalue weighted by Crippen LogP contribution is -2.26. The van der Waals surface area contributed by atoms with Crippen LogP contribution in [0, 0.1) is 0 Å². The normalized spacial score (nSPS) is 10.3. The molecule has 2 aromatic rings. The molecule has 2 N–H and O–H groups in total. The third kappa shape index (κ3) is 3.30. The summed E-state index contributed by atoms with van der Waals surface area (Å²) >= 11 is 3.36. The van der Waals surface area contributed by atoms with Crippen LogP contribution in [0.1, 0.15) is 15.9 Å². The summed E-state index contributed by atoms with van der Waals surface area (Å²) in [6, 6.07) is 11.6. The summed E-state index contributed by atoms with van der Waals surface area (Å²) in [6.07, 6.45) is 0. The van der Waals surface area contributed by atoms with Gasteiger partial charge in [-0.1, -0.05) is 28.1 Å². The van der Waals surface area contributed by atoms with E-state index in [0.29, 0.717) is 6.54 Å². The Labute approximate surface area is 125 Å². The maximum atomic E-state index is 12.2. The Bertz CT molecular complexity index is 626. The molecule has 0 aliphatic rings. The molecule has 0 saturated carbocycles. The van der Waals surface area contributed by atoms with Gasteiger partial charge in [-0.25, -0.2) is 0 Å². The van der Waals surface area contributed by atoms with Gasteiger partial charge in [-0.3, -0.25) is 4.79 Å². The smallest absolute Gasteiger partial charge is 0.257 e. The third-order valence-electron chi connectivity index (χ3n) is 2.89. The van der Waals surface area contributed by atoms with Gasteiger partial charge in [-0.05, 0) is 29.8 Å². The first-order valence-corrected chi connectivity index (χ1v) is 6.78. The highest BCUT2D eigenvalue weighted by molar-refractivity contribution is 9.10. The summed E-state index contributed by atoms with van der Waals surface area (Å²) in [5, 5.41) is 18.9. The molecule has 0 unspecified atom stereocenters. The van der Waals surface area contributed by atoms with Crippen molar-refractivity contribution < 1.29 is 15.0 Å². The second-order valence-electron chi connectivity index (χ2n) is 4.49. The molecule has 1 amide bonds. The van der Waals surface area contributed by atoms with Crippen LogP contribution >= 0.6 is 15.9 Å². The fourth-order valence-electron chi connectivity index (χ4n) is 1.84. The molecule has 104 valence electrons. The summed E-state index contributed by atoms with van der Waals surface area (Å²) < 4.78 is 0.978. The van der Waals surface area contributed by atoms with Crippen LogP contribution < -0.4 is 0 Å². The van der Waals surface area contributed by atoms with Crippen molar-refractivity contribution in [1.29, 1.82) is 0 Å². The number of carbonyl (C=O) groups is 1. The number of nitrogens with zero attached hydrogens (tertiary/aromatic N) is 1. The van der Waals surface area contributed by atoms with Gasteiger partial charge in [0.15, 0.2) is 0 Å². The topological polar surface area (TPSA) is 60.8 Å². The predicted octanol–water partition coefficient (Wildman–Crippen LogP) is 3.13. The Morgan fingerprint density at radius 2 is 1.80 bits per heavy atom. The molecule has 2 rings (SSSR count). The molecule has 5 heteroatoms. The summed E-state index contributed by atoms with van der Waals surface area (Å²) in [4.78, 5) is 13.7. The Morgan fingerprint density at radius 1 is 1.15 bits per heavy atom. The minimum atomic E-state index is -0.301. The van der Waals surface area contributed by atoms with Gasteiger partial charge < -0.3 is 15.1 Å². The van der Waals surface area contributed by atoms with E-state index < -0.39 is 0 Å². The Kier molecular flexibility index (Phi) is 4.29. The molecule has 0 saturated heterocycles. The average molecular weight is 336 g/mol. The van der Waals surface area contributed by atoms with Gasteiger partial charge >= 0.3 is 0 Å². The third-order valence-corrected chi connectivity index (χ3v) is 3.42. The SMILES string of the molecule is CN(Cc1ccc(Br)cc1)C(=O)c1ccc(O)cc1O. The first kappa shape index (κ1) is 14.4. The number of aromatic hydroxyl groups is 2. The van der Waals surface area contributed by atoms with Crippen LogP contribution in [0.4, 0.5) is 0 Å².